The third-order valence-electron chi connectivity index (χ3n) is 11.8. The van der Waals surface area contributed by atoms with Crippen LogP contribution in [0, 0.1) is 17.8 Å². The number of ether oxygens (including phenoxy) is 3. The number of hydrogen-bond donors (Lipinski definition) is 9. The van der Waals surface area contributed by atoms with Gasteiger partial charge < -0.3 is 69.5 Å². The van der Waals surface area contributed by atoms with E-state index >= 15 is 0 Å². The topological polar surface area (TPSA) is 288 Å². The van der Waals surface area contributed by atoms with Crippen molar-refractivity contribution in [2.24, 2.45) is 46.4 Å². The van der Waals surface area contributed by atoms with Crippen LogP contribution in [-0.4, -0.2) is 93.3 Å². The molecule has 0 radical (unpaired) electrons. The average Bonchev–Trinajstić information content (AvgIpc) is 3.38. The molecule has 3 rings (SSSR count). The van der Waals surface area contributed by atoms with Gasteiger partial charge in [-0.1, -0.05) is 87.7 Å². The van der Waals surface area contributed by atoms with Crippen molar-refractivity contribution in [2.45, 2.75) is 191 Å². The Hall–Kier alpha value is -3.92. The molecule has 0 saturated carbocycles. The van der Waals surface area contributed by atoms with E-state index in [2.05, 4.69) is 62.5 Å². The number of anilines is 2. The molecule has 0 bridgehead atoms. The molecule has 2 atom stereocenters. The Morgan fingerprint density at radius 3 is 1.52 bits per heavy atom. The van der Waals surface area contributed by atoms with Crippen LogP contribution in [0.15, 0.2) is 61.2 Å². The number of carbonyl (C=O) groups is 4. The van der Waals surface area contributed by atoms with Crippen molar-refractivity contribution in [3.05, 3.63) is 83.2 Å². The van der Waals surface area contributed by atoms with Crippen molar-refractivity contribution < 1.29 is 84.8 Å². The Labute approximate surface area is 532 Å². The molecule has 3 amide bonds. The smallest absolute Gasteiger partial charge is 0.673 e. The van der Waals surface area contributed by atoms with E-state index in [1.165, 1.54) is 0 Å². The predicted molar refractivity (Wildman–Crippen MR) is 335 cm³/mol. The van der Waals surface area contributed by atoms with E-state index in [1.54, 1.807) is 68.4 Å². The number of nitrogens with one attached hydrogen (secondary N) is 4. The Morgan fingerprint density at radius 2 is 1.09 bits per heavy atom. The van der Waals surface area contributed by atoms with Gasteiger partial charge in [-0.25, -0.2) is 0 Å². The van der Waals surface area contributed by atoms with E-state index in [-0.39, 0.29) is 75.3 Å². The van der Waals surface area contributed by atoms with Crippen LogP contribution < -0.4 is 116 Å². The fourth-order valence-electron chi connectivity index (χ4n) is 7.70. The minimum Gasteiger partial charge on any atom is -0.673 e. The number of nitrogens with two attached hydrogens (primary N) is 5. The number of unbranched alkanes of at least 4 members (excludes halogenated alkanes) is 6. The molecule has 81 heavy (non-hydrogen) atoms. The summed E-state index contributed by atoms with van der Waals surface area (Å²) in [6, 6.07) is 14.8. The zero-order valence-electron chi connectivity index (χ0n) is 52.8. The summed E-state index contributed by atoms with van der Waals surface area (Å²) in [4.78, 5) is 53.7. The SMILES string of the molecule is C=C(c1cc(NC(=O)C(CC(C)C)NC(=O)c2cc([N-]CNC(C)(C)C(=O)c3cc(NC=O)ccc3OCCCCCN)ccc2OCCCCCN)ccc1OCCCCCN)C(C)(C)N.CC.CC(C)C.CC(C)CC(C)N.[K+]. The Kier molecular flexibility index (Phi) is 43.6. The fraction of sp³-hybridized carbons (Fsp3) is 0.619. The summed E-state index contributed by atoms with van der Waals surface area (Å²) >= 11 is 0. The maximum absolute atomic E-state index is 14.3. The quantitative estimate of drug-likeness (QED) is 0.0114. The Bertz CT molecular complexity index is 2220. The summed E-state index contributed by atoms with van der Waals surface area (Å²) in [6.07, 6.45) is 9.72. The summed E-state index contributed by atoms with van der Waals surface area (Å²) < 4.78 is 18.3. The van der Waals surface area contributed by atoms with Gasteiger partial charge in [0.1, 0.15) is 23.3 Å². The number of hydrogen-bond acceptors (Lipinski definition) is 13. The molecular formula is C63H109KN10O7. The minimum absolute atomic E-state index is 0. The number of ketones is 1. The first-order chi connectivity index (χ1) is 37.8. The molecule has 18 heteroatoms. The average molecular weight is 1160 g/mol. The fourth-order valence-corrected chi connectivity index (χ4v) is 7.70. The monoisotopic (exact) mass is 1160 g/mol. The van der Waals surface area contributed by atoms with Gasteiger partial charge in [0, 0.05) is 28.5 Å². The first-order valence-electron chi connectivity index (χ1n) is 29.3. The van der Waals surface area contributed by atoms with Crippen LogP contribution in [-0.2, 0) is 9.59 Å². The van der Waals surface area contributed by atoms with Gasteiger partial charge >= 0.3 is 51.4 Å². The second kappa shape index (κ2) is 44.6. The zero-order chi connectivity index (χ0) is 60.8. The van der Waals surface area contributed by atoms with Gasteiger partial charge in [0.2, 0.25) is 12.3 Å². The molecule has 3 aromatic rings. The number of amides is 3. The third-order valence-corrected chi connectivity index (χ3v) is 11.8. The molecule has 0 aliphatic carbocycles. The van der Waals surface area contributed by atoms with Crippen molar-refractivity contribution in [1.29, 1.82) is 0 Å². The van der Waals surface area contributed by atoms with Crippen LogP contribution in [0.2, 0.25) is 0 Å². The van der Waals surface area contributed by atoms with Gasteiger partial charge in [-0.05, 0) is 191 Å². The van der Waals surface area contributed by atoms with Gasteiger partial charge in [0.05, 0.1) is 36.5 Å². The summed E-state index contributed by atoms with van der Waals surface area (Å²) in [5.74, 6) is 1.77. The van der Waals surface area contributed by atoms with Gasteiger partial charge in [-0.15, -0.1) is 5.69 Å². The van der Waals surface area contributed by atoms with E-state index in [1.807, 2.05) is 48.5 Å². The molecule has 14 N–H and O–H groups in total. The molecule has 0 aliphatic heterocycles. The van der Waals surface area contributed by atoms with E-state index in [9.17, 15) is 19.2 Å². The molecular weight excluding hydrogens is 1050 g/mol. The van der Waals surface area contributed by atoms with Crippen molar-refractivity contribution in [3.8, 4) is 17.2 Å². The zero-order valence-corrected chi connectivity index (χ0v) is 55.9. The van der Waals surface area contributed by atoms with Crippen LogP contribution in [0.3, 0.4) is 0 Å². The molecule has 0 aliphatic rings. The number of carbonyl (C=O) groups excluding carboxylic acids is 4. The van der Waals surface area contributed by atoms with E-state index in [4.69, 9.17) is 48.2 Å². The molecule has 0 spiro atoms. The largest absolute Gasteiger partial charge is 1.00 e. The van der Waals surface area contributed by atoms with Crippen LogP contribution in [0.1, 0.15) is 194 Å². The number of nitrogens with zero attached hydrogens (tertiary/aromatic N) is 1. The van der Waals surface area contributed by atoms with Crippen molar-refractivity contribution in [3.63, 3.8) is 0 Å². The molecule has 2 unspecified atom stereocenters. The summed E-state index contributed by atoms with van der Waals surface area (Å²) in [7, 11) is 0. The van der Waals surface area contributed by atoms with Crippen molar-refractivity contribution in [2.75, 3.05) is 56.8 Å². The Balaban J connectivity index is 0. The summed E-state index contributed by atoms with van der Waals surface area (Å²) in [5, 5.41) is 16.5. The molecule has 0 saturated heterocycles. The van der Waals surface area contributed by atoms with Gasteiger partial charge in [0.15, 0.2) is 5.78 Å². The van der Waals surface area contributed by atoms with Gasteiger partial charge in [0.25, 0.3) is 5.91 Å². The summed E-state index contributed by atoms with van der Waals surface area (Å²) in [5.41, 5.74) is 30.3. The van der Waals surface area contributed by atoms with Crippen molar-refractivity contribution in [1.82, 2.24) is 10.6 Å². The molecule has 0 heterocycles. The van der Waals surface area contributed by atoms with E-state index < -0.39 is 28.9 Å². The molecule has 17 nitrogen and oxygen atoms in total. The first-order valence-corrected chi connectivity index (χ1v) is 29.3. The molecule has 3 aromatic carbocycles. The second-order valence-corrected chi connectivity index (χ2v) is 22.6. The molecule has 0 fully saturated rings. The van der Waals surface area contributed by atoms with Crippen LogP contribution in [0.25, 0.3) is 10.9 Å². The summed E-state index contributed by atoms with van der Waals surface area (Å²) in [6.45, 7) is 35.4. The first kappa shape index (κ1) is 79.1. The van der Waals surface area contributed by atoms with Crippen LogP contribution in [0.4, 0.5) is 17.1 Å². The number of rotatable bonds is 36. The number of benzene rings is 3. The van der Waals surface area contributed by atoms with Crippen LogP contribution >= 0.6 is 0 Å². The van der Waals surface area contributed by atoms with Crippen LogP contribution in [0.5, 0.6) is 17.2 Å². The normalized spacial score (nSPS) is 11.7. The molecule has 0 aromatic heterocycles. The standard InChI is InChI=1S/C51H78N9O7.C6H15N.C4H10.C2H6.K/c1-35(2)29-43(49(64)59-39-19-22-44(65-26-14-8-11-23-52)40(32-39)36(3)50(4,5)55)60-48(63)42-31-37(17-21-46(42)67-28-16-10-13-25-54)56-33-58-51(6,7)47(62)41-30-38(57-34-61)18-20-45(41)66-27-15-9-12-24-53;1-5(2)4-6(3)7;1-4(2)3;1-2;/h17-22,30-32,34-35,43,58H,3,8-16,23-29,33,52-55H2,1-2,4-7H3,(H,57,61)(H,59,64)(H,60,63);5-6H,4,7H2,1-3H3;4H,1-3H3;1-2H3;/q-1;;;;+1. The van der Waals surface area contributed by atoms with Crippen molar-refractivity contribution >= 4 is 46.6 Å². The molecule has 454 valence electrons. The van der Waals surface area contributed by atoms with Gasteiger partial charge in [-0.2, -0.15) is 0 Å². The minimum atomic E-state index is -1.13. The third kappa shape index (κ3) is 34.5. The number of Topliss-reactive ketones (excluding diaryl/α,β-unsaturated/α-hetero) is 1. The maximum Gasteiger partial charge on any atom is 1.00 e. The van der Waals surface area contributed by atoms with E-state index in [0.717, 1.165) is 76.0 Å². The second-order valence-electron chi connectivity index (χ2n) is 22.6. The Morgan fingerprint density at radius 1 is 0.642 bits per heavy atom. The van der Waals surface area contributed by atoms with Gasteiger partial charge in [-0.3, -0.25) is 19.2 Å². The maximum atomic E-state index is 14.3. The van der Waals surface area contributed by atoms with E-state index in [0.29, 0.717) is 109 Å². The predicted octanol–water partition coefficient (Wildman–Crippen LogP) is 8.60.